The standard InChI is InChI=1S/C24H30Cl2N2O3/c1-5-21(24(30)27-6-2)28(14-18-19(25)11-9-12-20(18)26)23(29)15-31-22-13-8-7-10-17(22)16(3)4/h7-13,16,21H,5-6,14-15H2,1-4H3,(H,27,30). The van der Waals surface area contributed by atoms with E-state index in [2.05, 4.69) is 19.2 Å². The molecule has 2 rings (SSSR count). The second-order valence-electron chi connectivity index (χ2n) is 7.52. The Morgan fingerprint density at radius 3 is 2.26 bits per heavy atom. The number of amides is 2. The molecule has 0 saturated carbocycles. The van der Waals surface area contributed by atoms with E-state index in [0.717, 1.165) is 5.56 Å². The van der Waals surface area contributed by atoms with Crippen molar-refractivity contribution in [1.82, 2.24) is 10.2 Å². The quantitative estimate of drug-likeness (QED) is 0.509. The Hall–Kier alpha value is -2.24. The summed E-state index contributed by atoms with van der Waals surface area (Å²) in [5, 5.41) is 3.70. The summed E-state index contributed by atoms with van der Waals surface area (Å²) in [4.78, 5) is 27.5. The van der Waals surface area contributed by atoms with E-state index in [0.29, 0.717) is 34.3 Å². The van der Waals surface area contributed by atoms with Crippen LogP contribution in [0.1, 0.15) is 51.2 Å². The number of likely N-dealkylation sites (N-methyl/N-ethyl adjacent to an activating group) is 1. The van der Waals surface area contributed by atoms with Gasteiger partial charge in [0.2, 0.25) is 5.91 Å². The third-order valence-corrected chi connectivity index (χ3v) is 5.73. The van der Waals surface area contributed by atoms with Crippen LogP contribution in [-0.4, -0.2) is 35.9 Å². The summed E-state index contributed by atoms with van der Waals surface area (Å²) < 4.78 is 5.88. The number of carbonyl (C=O) groups is 2. The summed E-state index contributed by atoms with van der Waals surface area (Å²) in [7, 11) is 0. The number of hydrogen-bond acceptors (Lipinski definition) is 3. The minimum atomic E-state index is -0.663. The zero-order valence-electron chi connectivity index (χ0n) is 18.5. The van der Waals surface area contributed by atoms with E-state index in [1.165, 1.54) is 4.90 Å². The van der Waals surface area contributed by atoms with Crippen molar-refractivity contribution >= 4 is 35.0 Å². The molecule has 7 heteroatoms. The first-order valence-electron chi connectivity index (χ1n) is 10.5. The molecule has 0 fully saturated rings. The molecular weight excluding hydrogens is 435 g/mol. The van der Waals surface area contributed by atoms with Crippen molar-refractivity contribution in [1.29, 1.82) is 0 Å². The number of carbonyl (C=O) groups excluding carboxylic acids is 2. The predicted molar refractivity (Wildman–Crippen MR) is 126 cm³/mol. The lowest BCUT2D eigenvalue weighted by Gasteiger charge is -2.31. The minimum Gasteiger partial charge on any atom is -0.483 e. The van der Waals surface area contributed by atoms with Crippen LogP contribution in [-0.2, 0) is 16.1 Å². The molecule has 0 aromatic heterocycles. The summed E-state index contributed by atoms with van der Waals surface area (Å²) in [5.41, 5.74) is 1.62. The van der Waals surface area contributed by atoms with Gasteiger partial charge in [-0.1, -0.05) is 68.2 Å². The number of nitrogens with one attached hydrogen (secondary N) is 1. The first kappa shape index (κ1) is 25.0. The van der Waals surface area contributed by atoms with Gasteiger partial charge in [-0.3, -0.25) is 9.59 Å². The van der Waals surface area contributed by atoms with E-state index in [-0.39, 0.29) is 30.9 Å². The Morgan fingerprint density at radius 1 is 1.03 bits per heavy atom. The fourth-order valence-corrected chi connectivity index (χ4v) is 3.89. The summed E-state index contributed by atoms with van der Waals surface area (Å²) in [6.07, 6.45) is 0.447. The van der Waals surface area contributed by atoms with E-state index in [1.54, 1.807) is 18.2 Å². The van der Waals surface area contributed by atoms with Crippen molar-refractivity contribution in [3.63, 3.8) is 0 Å². The highest BCUT2D eigenvalue weighted by Crippen LogP contribution is 2.28. The van der Waals surface area contributed by atoms with Crippen LogP contribution in [0.5, 0.6) is 5.75 Å². The molecule has 0 spiro atoms. The molecule has 0 saturated heterocycles. The van der Waals surface area contributed by atoms with E-state index >= 15 is 0 Å². The molecule has 0 heterocycles. The average Bonchev–Trinajstić information content (AvgIpc) is 2.74. The zero-order chi connectivity index (χ0) is 23.0. The predicted octanol–water partition coefficient (Wildman–Crippen LogP) is 5.44. The van der Waals surface area contributed by atoms with Gasteiger partial charge in [0.15, 0.2) is 6.61 Å². The summed E-state index contributed by atoms with van der Waals surface area (Å²) >= 11 is 12.7. The first-order valence-corrected chi connectivity index (χ1v) is 11.3. The normalized spacial score (nSPS) is 11.8. The van der Waals surface area contributed by atoms with Crippen LogP contribution in [0.2, 0.25) is 10.0 Å². The third kappa shape index (κ3) is 6.62. The Bertz CT molecular complexity index is 882. The number of hydrogen-bond donors (Lipinski definition) is 1. The Kier molecular flexibility index (Phi) is 9.66. The number of halogens is 2. The molecule has 0 aliphatic carbocycles. The summed E-state index contributed by atoms with van der Waals surface area (Å²) in [6, 6.07) is 12.2. The molecule has 0 radical (unpaired) electrons. The second-order valence-corrected chi connectivity index (χ2v) is 8.34. The highest BCUT2D eigenvalue weighted by atomic mass is 35.5. The van der Waals surface area contributed by atoms with Gasteiger partial charge in [-0.15, -0.1) is 0 Å². The molecule has 2 aromatic carbocycles. The molecule has 31 heavy (non-hydrogen) atoms. The van der Waals surface area contributed by atoms with Crippen LogP contribution >= 0.6 is 23.2 Å². The van der Waals surface area contributed by atoms with Crippen molar-refractivity contribution in [2.24, 2.45) is 0 Å². The highest BCUT2D eigenvalue weighted by molar-refractivity contribution is 6.36. The first-order chi connectivity index (χ1) is 14.8. The maximum absolute atomic E-state index is 13.3. The number of nitrogens with zero attached hydrogens (tertiary/aromatic N) is 1. The lowest BCUT2D eigenvalue weighted by molar-refractivity contribution is -0.142. The van der Waals surface area contributed by atoms with Crippen molar-refractivity contribution in [2.45, 2.75) is 52.6 Å². The van der Waals surface area contributed by atoms with Crippen molar-refractivity contribution in [3.05, 3.63) is 63.6 Å². The maximum Gasteiger partial charge on any atom is 0.261 e. The topological polar surface area (TPSA) is 58.6 Å². The second kappa shape index (κ2) is 12.0. The van der Waals surface area contributed by atoms with E-state index in [4.69, 9.17) is 27.9 Å². The summed E-state index contributed by atoms with van der Waals surface area (Å²) in [6.45, 7) is 8.24. The van der Waals surface area contributed by atoms with Gasteiger partial charge < -0.3 is 15.0 Å². The van der Waals surface area contributed by atoms with Crippen LogP contribution in [0.4, 0.5) is 0 Å². The van der Waals surface area contributed by atoms with Crippen LogP contribution in [0.3, 0.4) is 0 Å². The van der Waals surface area contributed by atoms with Gasteiger partial charge in [0, 0.05) is 28.7 Å². The van der Waals surface area contributed by atoms with Gasteiger partial charge in [0.25, 0.3) is 5.91 Å². The molecule has 2 amide bonds. The maximum atomic E-state index is 13.3. The SMILES string of the molecule is CCNC(=O)C(CC)N(Cc1c(Cl)cccc1Cl)C(=O)COc1ccccc1C(C)C. The Balaban J connectivity index is 2.30. The molecule has 5 nitrogen and oxygen atoms in total. The van der Waals surface area contributed by atoms with Crippen LogP contribution in [0, 0.1) is 0 Å². The molecular formula is C24H30Cl2N2O3. The molecule has 0 aliphatic heterocycles. The van der Waals surface area contributed by atoms with Crippen LogP contribution < -0.4 is 10.1 Å². The lowest BCUT2D eigenvalue weighted by atomic mass is 10.0. The van der Waals surface area contributed by atoms with Gasteiger partial charge in [-0.05, 0) is 43.0 Å². The van der Waals surface area contributed by atoms with Gasteiger partial charge in [-0.2, -0.15) is 0 Å². The number of para-hydroxylation sites is 1. The molecule has 2 aromatic rings. The minimum absolute atomic E-state index is 0.113. The fraction of sp³-hybridized carbons (Fsp3) is 0.417. The molecule has 1 unspecified atom stereocenters. The van der Waals surface area contributed by atoms with Crippen molar-refractivity contribution < 1.29 is 14.3 Å². The number of ether oxygens (including phenoxy) is 1. The summed E-state index contributed by atoms with van der Waals surface area (Å²) in [5.74, 6) is 0.382. The van der Waals surface area contributed by atoms with Crippen molar-refractivity contribution in [3.8, 4) is 5.75 Å². The van der Waals surface area contributed by atoms with Gasteiger partial charge in [0.1, 0.15) is 11.8 Å². The highest BCUT2D eigenvalue weighted by Gasteiger charge is 2.30. The van der Waals surface area contributed by atoms with Gasteiger partial charge in [-0.25, -0.2) is 0 Å². The smallest absolute Gasteiger partial charge is 0.261 e. The average molecular weight is 465 g/mol. The lowest BCUT2D eigenvalue weighted by Crippen LogP contribution is -2.50. The zero-order valence-corrected chi connectivity index (χ0v) is 20.0. The van der Waals surface area contributed by atoms with E-state index in [1.807, 2.05) is 38.1 Å². The largest absolute Gasteiger partial charge is 0.483 e. The van der Waals surface area contributed by atoms with Crippen molar-refractivity contribution in [2.75, 3.05) is 13.2 Å². The molecule has 168 valence electrons. The molecule has 0 aliphatic rings. The monoisotopic (exact) mass is 464 g/mol. The molecule has 1 atom stereocenters. The third-order valence-electron chi connectivity index (χ3n) is 5.02. The number of benzene rings is 2. The molecule has 0 bridgehead atoms. The Labute approximate surface area is 194 Å². The van der Waals surface area contributed by atoms with Crippen LogP contribution in [0.15, 0.2) is 42.5 Å². The van der Waals surface area contributed by atoms with Crippen LogP contribution in [0.25, 0.3) is 0 Å². The van der Waals surface area contributed by atoms with E-state index in [9.17, 15) is 9.59 Å². The van der Waals surface area contributed by atoms with E-state index < -0.39 is 6.04 Å². The fourth-order valence-electron chi connectivity index (χ4n) is 3.38. The number of rotatable bonds is 10. The Morgan fingerprint density at radius 2 is 1.68 bits per heavy atom. The van der Waals surface area contributed by atoms with Gasteiger partial charge >= 0.3 is 0 Å². The molecule has 1 N–H and O–H groups in total. The van der Waals surface area contributed by atoms with Gasteiger partial charge in [0.05, 0.1) is 0 Å².